The van der Waals surface area contributed by atoms with E-state index < -0.39 is 0 Å². The van der Waals surface area contributed by atoms with E-state index in [0.717, 1.165) is 45.0 Å². The average Bonchev–Trinajstić information content (AvgIpc) is 2.75. The molecule has 2 rings (SSSR count). The summed E-state index contributed by atoms with van der Waals surface area (Å²) in [5.41, 5.74) is 2.56. The molecule has 1 heterocycles. The summed E-state index contributed by atoms with van der Waals surface area (Å²) in [6.45, 7) is 6.89. The molecule has 1 fully saturated rings. The van der Waals surface area contributed by atoms with Gasteiger partial charge in [0, 0.05) is 37.8 Å². The highest BCUT2D eigenvalue weighted by Gasteiger charge is 2.14. The first kappa shape index (κ1) is 15.3. The Balaban J connectivity index is 2.14. The van der Waals surface area contributed by atoms with Crippen LogP contribution in [0.25, 0.3) is 0 Å². The zero-order chi connectivity index (χ0) is 14.4. The molecule has 1 unspecified atom stereocenters. The predicted octanol–water partition coefficient (Wildman–Crippen LogP) is 2.20. The van der Waals surface area contributed by atoms with Gasteiger partial charge in [0.05, 0.1) is 13.7 Å². The summed E-state index contributed by atoms with van der Waals surface area (Å²) in [7, 11) is 3.73. The fourth-order valence-corrected chi connectivity index (χ4v) is 2.55. The maximum absolute atomic E-state index is 5.52. The lowest BCUT2D eigenvalue weighted by Crippen LogP contribution is -2.26. The largest absolute Gasteiger partial charge is 0.496 e. The molecule has 0 saturated carbocycles. The van der Waals surface area contributed by atoms with Gasteiger partial charge in [0.15, 0.2) is 0 Å². The lowest BCUT2D eigenvalue weighted by atomic mass is 10.0. The minimum Gasteiger partial charge on any atom is -0.496 e. The quantitative estimate of drug-likeness (QED) is 0.895. The van der Waals surface area contributed by atoms with Gasteiger partial charge >= 0.3 is 0 Å². The number of nitrogens with zero attached hydrogens (tertiary/aromatic N) is 1. The van der Waals surface area contributed by atoms with Gasteiger partial charge in [-0.25, -0.2) is 0 Å². The van der Waals surface area contributed by atoms with Crippen molar-refractivity contribution in [1.29, 1.82) is 0 Å². The molecule has 0 aliphatic carbocycles. The van der Waals surface area contributed by atoms with Crippen molar-refractivity contribution in [1.82, 2.24) is 10.2 Å². The molecule has 1 atom stereocenters. The van der Waals surface area contributed by atoms with E-state index in [2.05, 4.69) is 35.3 Å². The molecule has 0 bridgehead atoms. The van der Waals surface area contributed by atoms with Gasteiger partial charge in [-0.05, 0) is 38.1 Å². The topological polar surface area (TPSA) is 33.7 Å². The van der Waals surface area contributed by atoms with Gasteiger partial charge in [0.1, 0.15) is 5.75 Å². The number of hydrogen-bond donors (Lipinski definition) is 1. The van der Waals surface area contributed by atoms with E-state index in [1.54, 1.807) is 7.11 Å². The molecule has 1 aliphatic heterocycles. The first-order chi connectivity index (χ1) is 9.74. The molecule has 1 aromatic carbocycles. The van der Waals surface area contributed by atoms with Crippen LogP contribution in [0.15, 0.2) is 18.2 Å². The van der Waals surface area contributed by atoms with E-state index in [9.17, 15) is 0 Å². The summed E-state index contributed by atoms with van der Waals surface area (Å²) in [6.07, 6.45) is 1.11. The molecule has 112 valence electrons. The third kappa shape index (κ3) is 3.95. The van der Waals surface area contributed by atoms with Crippen LogP contribution < -0.4 is 10.1 Å². The number of benzene rings is 1. The highest BCUT2D eigenvalue weighted by Crippen LogP contribution is 2.25. The summed E-state index contributed by atoms with van der Waals surface area (Å²) < 4.78 is 11.0. The third-order valence-electron chi connectivity index (χ3n) is 3.95. The van der Waals surface area contributed by atoms with E-state index in [1.165, 1.54) is 11.1 Å². The standard InChI is InChI=1S/C16H26N2O2/c1-13(17-2)14-5-6-16(19-3)15(11-14)12-18-7-4-9-20-10-8-18/h5-6,11,13,17H,4,7-10,12H2,1-3H3. The molecule has 0 radical (unpaired) electrons. The molecule has 0 amide bonds. The molecule has 1 N–H and O–H groups in total. The monoisotopic (exact) mass is 278 g/mol. The summed E-state index contributed by atoms with van der Waals surface area (Å²) in [6, 6.07) is 6.82. The van der Waals surface area contributed by atoms with Gasteiger partial charge in [-0.3, -0.25) is 4.90 Å². The van der Waals surface area contributed by atoms with E-state index in [4.69, 9.17) is 9.47 Å². The molecule has 20 heavy (non-hydrogen) atoms. The summed E-state index contributed by atoms with van der Waals surface area (Å²) >= 11 is 0. The SMILES string of the molecule is CNC(C)c1ccc(OC)c(CN2CCCOCC2)c1. The smallest absolute Gasteiger partial charge is 0.123 e. The van der Waals surface area contributed by atoms with E-state index >= 15 is 0 Å². The second-order valence-corrected chi connectivity index (χ2v) is 5.32. The van der Waals surface area contributed by atoms with Crippen molar-refractivity contribution in [3.05, 3.63) is 29.3 Å². The Labute approximate surface area is 122 Å². The predicted molar refractivity (Wildman–Crippen MR) is 81.2 cm³/mol. The van der Waals surface area contributed by atoms with E-state index in [1.807, 2.05) is 7.05 Å². The van der Waals surface area contributed by atoms with Gasteiger partial charge in [-0.2, -0.15) is 0 Å². The van der Waals surface area contributed by atoms with Gasteiger partial charge in [-0.15, -0.1) is 0 Å². The van der Waals surface area contributed by atoms with E-state index in [-0.39, 0.29) is 0 Å². The van der Waals surface area contributed by atoms with Gasteiger partial charge in [0.2, 0.25) is 0 Å². The van der Waals surface area contributed by atoms with Crippen LogP contribution in [0.1, 0.15) is 30.5 Å². The van der Waals surface area contributed by atoms with Crippen LogP contribution in [0.3, 0.4) is 0 Å². The molecule has 4 heteroatoms. The molecule has 1 saturated heterocycles. The zero-order valence-corrected chi connectivity index (χ0v) is 12.8. The molecule has 0 aromatic heterocycles. The van der Waals surface area contributed by atoms with Crippen LogP contribution in [0, 0.1) is 0 Å². The van der Waals surface area contributed by atoms with Crippen LogP contribution in [0.5, 0.6) is 5.75 Å². The van der Waals surface area contributed by atoms with Crippen molar-refractivity contribution in [2.45, 2.75) is 25.9 Å². The second kappa shape index (κ2) is 7.62. The highest BCUT2D eigenvalue weighted by atomic mass is 16.5. The lowest BCUT2D eigenvalue weighted by Gasteiger charge is -2.22. The van der Waals surface area contributed by atoms with Crippen molar-refractivity contribution in [3.63, 3.8) is 0 Å². The van der Waals surface area contributed by atoms with Crippen molar-refractivity contribution in [2.24, 2.45) is 0 Å². The Bertz CT molecular complexity index is 415. The Hall–Kier alpha value is -1.10. The fraction of sp³-hybridized carbons (Fsp3) is 0.625. The normalized spacial score (nSPS) is 18.6. The summed E-state index contributed by atoms with van der Waals surface area (Å²) in [4.78, 5) is 2.44. The molecular formula is C16H26N2O2. The van der Waals surface area contributed by atoms with Gasteiger partial charge < -0.3 is 14.8 Å². The van der Waals surface area contributed by atoms with Crippen LogP contribution in [-0.4, -0.2) is 45.4 Å². The Morgan fingerprint density at radius 1 is 1.35 bits per heavy atom. The van der Waals surface area contributed by atoms with Crippen LogP contribution in [-0.2, 0) is 11.3 Å². The maximum atomic E-state index is 5.52. The van der Waals surface area contributed by atoms with Gasteiger partial charge in [0.25, 0.3) is 0 Å². The molecular weight excluding hydrogens is 252 g/mol. The Kier molecular flexibility index (Phi) is 5.83. The average molecular weight is 278 g/mol. The van der Waals surface area contributed by atoms with Crippen LogP contribution >= 0.6 is 0 Å². The Morgan fingerprint density at radius 3 is 2.95 bits per heavy atom. The number of hydrogen-bond acceptors (Lipinski definition) is 4. The maximum Gasteiger partial charge on any atom is 0.123 e. The Morgan fingerprint density at radius 2 is 2.20 bits per heavy atom. The van der Waals surface area contributed by atoms with Gasteiger partial charge in [-0.1, -0.05) is 6.07 Å². The zero-order valence-electron chi connectivity index (χ0n) is 12.8. The molecule has 1 aromatic rings. The summed E-state index contributed by atoms with van der Waals surface area (Å²) in [5.74, 6) is 0.974. The molecule has 1 aliphatic rings. The minimum absolute atomic E-state index is 0.354. The first-order valence-corrected chi connectivity index (χ1v) is 7.38. The lowest BCUT2D eigenvalue weighted by molar-refractivity contribution is 0.140. The minimum atomic E-state index is 0.354. The van der Waals surface area contributed by atoms with Crippen molar-refractivity contribution in [2.75, 3.05) is 40.5 Å². The number of ether oxygens (including phenoxy) is 2. The van der Waals surface area contributed by atoms with Crippen LogP contribution in [0.4, 0.5) is 0 Å². The van der Waals surface area contributed by atoms with Crippen LogP contribution in [0.2, 0.25) is 0 Å². The third-order valence-corrected chi connectivity index (χ3v) is 3.95. The fourth-order valence-electron chi connectivity index (χ4n) is 2.55. The highest BCUT2D eigenvalue weighted by molar-refractivity contribution is 5.38. The molecule has 0 spiro atoms. The van der Waals surface area contributed by atoms with Crippen molar-refractivity contribution in [3.8, 4) is 5.75 Å². The van der Waals surface area contributed by atoms with Crippen molar-refractivity contribution < 1.29 is 9.47 Å². The number of rotatable bonds is 5. The number of methoxy groups -OCH3 is 1. The second-order valence-electron chi connectivity index (χ2n) is 5.32. The number of nitrogens with one attached hydrogen (secondary N) is 1. The van der Waals surface area contributed by atoms with Crippen molar-refractivity contribution >= 4 is 0 Å². The first-order valence-electron chi connectivity index (χ1n) is 7.38. The molecule has 4 nitrogen and oxygen atoms in total. The van der Waals surface area contributed by atoms with E-state index in [0.29, 0.717) is 6.04 Å². The summed E-state index contributed by atoms with van der Waals surface area (Å²) in [5, 5.41) is 3.29.